The van der Waals surface area contributed by atoms with Gasteiger partial charge in [-0.1, -0.05) is 144 Å². The van der Waals surface area contributed by atoms with Gasteiger partial charge in [0, 0.05) is 69.3 Å². The van der Waals surface area contributed by atoms with E-state index in [1.54, 1.807) is 0 Å². The van der Waals surface area contributed by atoms with E-state index in [1.165, 1.54) is 92.5 Å². The van der Waals surface area contributed by atoms with Gasteiger partial charge in [0.25, 0.3) is 5.91 Å². The van der Waals surface area contributed by atoms with Gasteiger partial charge in [0.1, 0.15) is 6.04 Å². The maximum atomic E-state index is 14.9. The van der Waals surface area contributed by atoms with Crippen molar-refractivity contribution in [2.45, 2.75) is 139 Å². The Labute approximate surface area is 388 Å². The van der Waals surface area contributed by atoms with Crippen molar-refractivity contribution in [2.24, 2.45) is 11.8 Å². The molecule has 66 heavy (non-hydrogen) atoms. The number of nitrogens with one attached hydrogen (secondary N) is 4. The molecule has 2 aliphatic carbocycles. The van der Waals surface area contributed by atoms with Gasteiger partial charge in [-0.3, -0.25) is 19.3 Å². The lowest BCUT2D eigenvalue weighted by Crippen LogP contribution is -2.48. The highest BCUT2D eigenvalue weighted by Crippen LogP contribution is 2.43. The van der Waals surface area contributed by atoms with Gasteiger partial charge in [0.15, 0.2) is 0 Å². The van der Waals surface area contributed by atoms with Crippen molar-refractivity contribution in [1.82, 2.24) is 31.1 Å². The normalized spacial score (nSPS) is 25.3. The number of alkyl halides is 3. The minimum absolute atomic E-state index is 0.00135. The second-order valence-corrected chi connectivity index (χ2v) is 19.0. The zero-order chi connectivity index (χ0) is 46.6. The number of amides is 5. The van der Waals surface area contributed by atoms with Gasteiger partial charge >= 0.3 is 12.2 Å². The Balaban J connectivity index is 0.931. The van der Waals surface area contributed by atoms with Crippen molar-refractivity contribution in [3.8, 4) is 0 Å². The minimum Gasteiger partial charge on any atom is -0.378 e. The number of carbonyl (C=O) groups excluding carboxylic acids is 4. The van der Waals surface area contributed by atoms with E-state index in [2.05, 4.69) is 28.2 Å². The summed E-state index contributed by atoms with van der Waals surface area (Å²) in [6.45, 7) is 2.55. The van der Waals surface area contributed by atoms with Crippen LogP contribution in [0.1, 0.15) is 135 Å². The second kappa shape index (κ2) is 23.2. The Morgan fingerprint density at radius 2 is 1.14 bits per heavy atom. The van der Waals surface area contributed by atoms with Gasteiger partial charge in [0.05, 0.1) is 24.0 Å². The largest absolute Gasteiger partial charge is 0.408 e. The lowest BCUT2D eigenvalue weighted by atomic mass is 9.94. The molecule has 11 nitrogen and oxygen atoms in total. The number of benzene rings is 3. The molecule has 0 spiro atoms. The highest BCUT2D eigenvalue weighted by atomic mass is 19.4. The van der Waals surface area contributed by atoms with Crippen LogP contribution in [0.15, 0.2) is 84.9 Å². The van der Waals surface area contributed by atoms with Gasteiger partial charge < -0.3 is 30.9 Å². The Morgan fingerprint density at radius 3 is 1.62 bits per heavy atom. The van der Waals surface area contributed by atoms with E-state index in [9.17, 15) is 32.3 Å². The Morgan fingerprint density at radius 1 is 0.636 bits per heavy atom. The number of likely N-dealkylation sites (tertiary alicyclic amines) is 2. The number of ether oxygens (including phenoxy) is 1. The molecule has 358 valence electrons. The Bertz CT molecular complexity index is 1970. The standard InChI is InChI=1S/C52H69F3N6O5/c1-3-4-5-6-7-8-9-10-11-12-19-28-56-51(65)59-45-33-60(34-46(45)66-2)47(52(53,54)55)37-24-26-38(27-25-37)50(64)61-31-41(48(62)57-43-29-39(43)35-20-15-13-16-21-35)42(32-61)49(63)58-44-30-40(44)36-22-17-14-18-23-36/h13-18,20-27,39-47H,3-12,19,28-34H2,1-2H3,(H,57,62)(H,58,63)(H2,56,59,65)/t39-,40-,41?,42?,43+,44+,45+,46+,47?/m1/s1. The first-order valence-corrected chi connectivity index (χ1v) is 24.4. The summed E-state index contributed by atoms with van der Waals surface area (Å²) in [6.07, 6.45) is 9.33. The van der Waals surface area contributed by atoms with Gasteiger partial charge in [-0.05, 0) is 48.1 Å². The SMILES string of the molecule is CCCCCCCCCCCCCNC(=O)N[C@H]1CN(C(c2ccc(C(=O)N3CC(C(=O)N[C@H]4C[C@@H]4c4ccccc4)C(C(=O)N[C@H]4C[C@@H]4c4ccccc4)C3)cc2)C(F)(F)F)C[C@@H]1OC. The number of nitrogens with zero attached hydrogens (tertiary/aromatic N) is 2. The van der Waals surface area contributed by atoms with Gasteiger partial charge in [-0.25, -0.2) is 4.79 Å². The third-order valence-corrected chi connectivity index (χ3v) is 14.1. The summed E-state index contributed by atoms with van der Waals surface area (Å²) < 4.78 is 50.3. The van der Waals surface area contributed by atoms with Crippen LogP contribution in [0.2, 0.25) is 0 Å². The summed E-state index contributed by atoms with van der Waals surface area (Å²) in [5, 5.41) is 12.0. The third kappa shape index (κ3) is 13.1. The summed E-state index contributed by atoms with van der Waals surface area (Å²) in [5.41, 5.74) is 2.36. The number of methoxy groups -OCH3 is 1. The number of carbonyl (C=O) groups is 4. The van der Waals surface area contributed by atoms with Gasteiger partial charge in [-0.2, -0.15) is 13.2 Å². The van der Waals surface area contributed by atoms with Crippen LogP contribution in [0.5, 0.6) is 0 Å². The topological polar surface area (TPSA) is 132 Å². The van der Waals surface area contributed by atoms with Crippen LogP contribution < -0.4 is 21.3 Å². The predicted octanol–water partition coefficient (Wildman–Crippen LogP) is 8.63. The average Bonchev–Trinajstić information content (AvgIpc) is 4.17. The highest BCUT2D eigenvalue weighted by Gasteiger charge is 2.51. The van der Waals surface area contributed by atoms with Crippen molar-refractivity contribution in [1.29, 1.82) is 0 Å². The molecule has 2 saturated carbocycles. The summed E-state index contributed by atoms with van der Waals surface area (Å²) >= 11 is 0. The molecule has 14 heteroatoms. The quantitative estimate of drug-likeness (QED) is 0.0705. The van der Waals surface area contributed by atoms with E-state index in [0.29, 0.717) is 6.54 Å². The monoisotopic (exact) mass is 915 g/mol. The van der Waals surface area contributed by atoms with Crippen LogP contribution in [0, 0.1) is 11.8 Å². The molecule has 4 aliphatic rings. The molecule has 0 radical (unpaired) electrons. The fourth-order valence-corrected chi connectivity index (χ4v) is 10.1. The third-order valence-electron chi connectivity index (χ3n) is 14.1. The number of urea groups is 1. The summed E-state index contributed by atoms with van der Waals surface area (Å²) in [4.78, 5) is 57.4. The fraction of sp³-hybridized carbons (Fsp3) is 0.577. The summed E-state index contributed by atoms with van der Waals surface area (Å²) in [6, 6.07) is 22.0. The van der Waals surface area contributed by atoms with E-state index >= 15 is 0 Å². The summed E-state index contributed by atoms with van der Waals surface area (Å²) in [5.74, 6) is -2.30. The lowest BCUT2D eigenvalue weighted by molar-refractivity contribution is -0.184. The Kier molecular flexibility index (Phi) is 17.2. The predicted molar refractivity (Wildman–Crippen MR) is 249 cm³/mol. The van der Waals surface area contributed by atoms with E-state index in [4.69, 9.17) is 4.74 Å². The van der Waals surface area contributed by atoms with Crippen molar-refractivity contribution >= 4 is 23.8 Å². The minimum atomic E-state index is -4.67. The number of hydrogen-bond donors (Lipinski definition) is 4. The molecular formula is C52H69F3N6O5. The van der Waals surface area contributed by atoms with Crippen LogP contribution in [0.4, 0.5) is 18.0 Å². The van der Waals surface area contributed by atoms with Crippen molar-refractivity contribution in [2.75, 3.05) is 39.8 Å². The molecule has 2 heterocycles. The van der Waals surface area contributed by atoms with E-state index in [1.807, 2.05) is 60.7 Å². The lowest BCUT2D eigenvalue weighted by Gasteiger charge is -2.30. The van der Waals surface area contributed by atoms with Crippen LogP contribution in [-0.2, 0) is 14.3 Å². The fourth-order valence-electron chi connectivity index (χ4n) is 10.1. The Hall–Kier alpha value is -4.95. The molecule has 9 atom stereocenters. The molecule has 5 amide bonds. The van der Waals surface area contributed by atoms with Crippen LogP contribution >= 0.6 is 0 Å². The number of halogens is 3. The molecule has 2 saturated heterocycles. The van der Waals surface area contributed by atoms with Crippen LogP contribution in [0.25, 0.3) is 0 Å². The maximum Gasteiger partial charge on any atom is 0.408 e. The first-order valence-electron chi connectivity index (χ1n) is 24.4. The molecular weight excluding hydrogens is 846 g/mol. The molecule has 2 aliphatic heterocycles. The molecule has 3 unspecified atom stereocenters. The van der Waals surface area contributed by atoms with Crippen molar-refractivity contribution in [3.05, 3.63) is 107 Å². The molecule has 0 aromatic heterocycles. The first-order chi connectivity index (χ1) is 31.9. The van der Waals surface area contributed by atoms with E-state index in [0.717, 1.165) is 43.2 Å². The van der Waals surface area contributed by atoms with Crippen LogP contribution in [0.3, 0.4) is 0 Å². The van der Waals surface area contributed by atoms with Crippen molar-refractivity contribution in [3.63, 3.8) is 0 Å². The number of rotatable bonds is 23. The molecule has 7 rings (SSSR count). The molecule has 0 bridgehead atoms. The number of unbranched alkanes of at least 4 members (excludes halogenated alkanes) is 10. The average molecular weight is 915 g/mol. The highest BCUT2D eigenvalue weighted by molar-refractivity contribution is 5.97. The maximum absolute atomic E-state index is 14.9. The van der Waals surface area contributed by atoms with Crippen LogP contribution in [-0.4, -0.2) is 104 Å². The first kappa shape index (κ1) is 49.0. The summed E-state index contributed by atoms with van der Waals surface area (Å²) in [7, 11) is 1.43. The zero-order valence-electron chi connectivity index (χ0n) is 38.6. The van der Waals surface area contributed by atoms with Gasteiger partial charge in [-0.15, -0.1) is 0 Å². The van der Waals surface area contributed by atoms with Gasteiger partial charge in [0.2, 0.25) is 11.8 Å². The molecule has 3 aromatic carbocycles. The van der Waals surface area contributed by atoms with E-state index < -0.39 is 48.1 Å². The zero-order valence-corrected chi connectivity index (χ0v) is 38.6. The smallest absolute Gasteiger partial charge is 0.378 e. The molecule has 3 aromatic rings. The molecule has 4 fully saturated rings. The number of hydrogen-bond acceptors (Lipinski definition) is 6. The second-order valence-electron chi connectivity index (χ2n) is 19.0. The van der Waals surface area contributed by atoms with Crippen molar-refractivity contribution < 1.29 is 37.1 Å². The van der Waals surface area contributed by atoms with E-state index in [-0.39, 0.29) is 73.0 Å². The molecule has 4 N–H and O–H groups in total.